The van der Waals surface area contributed by atoms with E-state index >= 15 is 4.39 Å². The van der Waals surface area contributed by atoms with Crippen molar-refractivity contribution >= 4 is 22.9 Å². The molecule has 0 saturated carbocycles. The Morgan fingerprint density at radius 3 is 2.24 bits per heavy atom. The fourth-order valence-corrected chi connectivity index (χ4v) is 5.76. The minimum absolute atomic E-state index is 0.0781. The highest BCUT2D eigenvalue weighted by Crippen LogP contribution is 2.33. The number of anilines is 1. The van der Waals surface area contributed by atoms with Crippen molar-refractivity contribution in [3.05, 3.63) is 75.6 Å². The first-order chi connectivity index (χ1) is 21.2. The average Bonchev–Trinajstić information content (AvgIpc) is 2.96. The number of carbonyl (C=O) groups is 1. The van der Waals surface area contributed by atoms with Gasteiger partial charge in [-0.05, 0) is 45.6 Å². The number of carbonyl (C=O) groups excluding carboxylic acids is 1. The van der Waals surface area contributed by atoms with Crippen molar-refractivity contribution in [1.29, 1.82) is 0 Å². The van der Waals surface area contributed by atoms with E-state index in [2.05, 4.69) is 15.0 Å². The molecule has 1 atom stereocenters. The maximum Gasteiger partial charge on any atom is 0.442 e. The maximum absolute atomic E-state index is 16.0. The van der Waals surface area contributed by atoms with Gasteiger partial charge >= 0.3 is 17.4 Å². The summed E-state index contributed by atoms with van der Waals surface area (Å²) in [4.78, 5) is 44.0. The molecule has 0 unspecified atom stereocenters. The first kappa shape index (κ1) is 31.8. The quantitative estimate of drug-likeness (QED) is 0.218. The summed E-state index contributed by atoms with van der Waals surface area (Å²) in [5, 5.41) is 14.6. The van der Waals surface area contributed by atoms with E-state index in [0.717, 1.165) is 0 Å². The van der Waals surface area contributed by atoms with Crippen LogP contribution in [0.1, 0.15) is 78.6 Å². The van der Waals surface area contributed by atoms with E-state index in [9.17, 15) is 14.8 Å². The Hall–Kier alpha value is -4.61. The second-order valence-electron chi connectivity index (χ2n) is 13.1. The Morgan fingerprint density at radius 2 is 1.69 bits per heavy atom. The molecule has 4 aromatic rings. The van der Waals surface area contributed by atoms with Gasteiger partial charge in [-0.2, -0.15) is 4.98 Å². The Bertz CT molecular complexity index is 1780. The number of hydrogen-bond donors (Lipinski definition) is 0. The van der Waals surface area contributed by atoms with Crippen LogP contribution in [0, 0.1) is 11.0 Å². The third kappa shape index (κ3) is 6.05. The molecule has 1 aliphatic heterocycles. The van der Waals surface area contributed by atoms with Gasteiger partial charge in [0, 0.05) is 31.2 Å². The molecular weight excluding hydrogens is 577 g/mol. The first-order valence-electron chi connectivity index (χ1n) is 15.2. The number of piperazine rings is 1. The van der Waals surface area contributed by atoms with E-state index in [-0.39, 0.29) is 60.1 Å². The molecule has 12 heteroatoms. The van der Waals surface area contributed by atoms with Crippen molar-refractivity contribution in [2.24, 2.45) is 0 Å². The largest absolute Gasteiger partial charge is 0.710 e. The topological polar surface area (TPSA) is 120 Å². The highest BCUT2D eigenvalue weighted by Gasteiger charge is 2.36. The van der Waals surface area contributed by atoms with Crippen molar-refractivity contribution in [3.63, 3.8) is 0 Å². The van der Waals surface area contributed by atoms with Crippen molar-refractivity contribution in [1.82, 2.24) is 24.4 Å². The van der Waals surface area contributed by atoms with E-state index in [1.807, 2.05) is 39.5 Å². The summed E-state index contributed by atoms with van der Waals surface area (Å²) in [6.07, 6.45) is 1.01. The third-order valence-corrected chi connectivity index (χ3v) is 7.77. The van der Waals surface area contributed by atoms with E-state index < -0.39 is 23.2 Å². The minimum Gasteiger partial charge on any atom is -0.710 e. The molecule has 0 N–H and O–H groups in total. The molecule has 3 aromatic heterocycles. The number of nitrogens with zero attached hydrogens (tertiary/aromatic N) is 7. The average molecular weight is 618 g/mol. The molecule has 238 valence electrons. The number of ether oxygens (including phenoxy) is 1. The first-order valence-corrected chi connectivity index (χ1v) is 15.2. The molecule has 0 radical (unpaired) electrons. The normalized spacial score (nSPS) is 15.8. The van der Waals surface area contributed by atoms with Crippen LogP contribution in [0.15, 0.2) is 47.5 Å². The molecule has 4 heterocycles. The number of benzene rings is 1. The maximum atomic E-state index is 16.0. The van der Waals surface area contributed by atoms with Gasteiger partial charge in [-0.25, -0.2) is 28.7 Å². The van der Waals surface area contributed by atoms with Crippen molar-refractivity contribution < 1.29 is 18.7 Å². The van der Waals surface area contributed by atoms with Gasteiger partial charge in [0.15, 0.2) is 23.0 Å². The van der Waals surface area contributed by atoms with Crippen LogP contribution in [0.2, 0.25) is 0 Å². The molecule has 1 amide bonds. The summed E-state index contributed by atoms with van der Waals surface area (Å²) in [6.45, 7) is 15.9. The van der Waals surface area contributed by atoms with Crippen LogP contribution >= 0.6 is 0 Å². The number of pyridine rings is 1. The lowest BCUT2D eigenvalue weighted by atomic mass is 10.0. The van der Waals surface area contributed by atoms with Gasteiger partial charge in [0.05, 0.1) is 11.4 Å². The molecule has 1 aliphatic rings. The highest BCUT2D eigenvalue weighted by molar-refractivity contribution is 5.88. The van der Waals surface area contributed by atoms with Crippen molar-refractivity contribution in [2.45, 2.75) is 78.9 Å². The molecule has 0 aliphatic carbocycles. The summed E-state index contributed by atoms with van der Waals surface area (Å²) >= 11 is 0. The molecule has 1 aromatic carbocycles. The number of rotatable bonds is 5. The summed E-state index contributed by atoms with van der Waals surface area (Å²) < 4.78 is 23.3. The van der Waals surface area contributed by atoms with Gasteiger partial charge in [-0.3, -0.25) is 0 Å². The SMILES string of the molecule is CC(C)c1ncnc(C(C)C)c1-n1c(=O)nc(N2CCN(C(=O)OC(C)(C)C)C[C@@H]2C)c2cc(F)c(-c3ccccc3)[n+]([O-])c21. The second-order valence-corrected chi connectivity index (χ2v) is 13.1. The van der Waals surface area contributed by atoms with E-state index in [0.29, 0.717) is 27.4 Å². The van der Waals surface area contributed by atoms with Crippen LogP contribution in [0.25, 0.3) is 28.0 Å². The Labute approximate surface area is 261 Å². The van der Waals surface area contributed by atoms with Crippen LogP contribution < -0.4 is 15.3 Å². The number of amides is 1. The van der Waals surface area contributed by atoms with Crippen LogP contribution in [0.5, 0.6) is 0 Å². The third-order valence-electron chi connectivity index (χ3n) is 7.77. The van der Waals surface area contributed by atoms with Gasteiger partial charge in [0.1, 0.15) is 17.3 Å². The summed E-state index contributed by atoms with van der Waals surface area (Å²) in [5.41, 5.74) is 0.202. The lowest BCUT2D eigenvalue weighted by Gasteiger charge is -2.40. The lowest BCUT2D eigenvalue weighted by Crippen LogP contribution is -2.55. The molecule has 5 rings (SSSR count). The van der Waals surface area contributed by atoms with E-state index in [1.54, 1.807) is 56.0 Å². The van der Waals surface area contributed by atoms with Crippen molar-refractivity contribution in [2.75, 3.05) is 24.5 Å². The van der Waals surface area contributed by atoms with Gasteiger partial charge < -0.3 is 19.7 Å². The fourth-order valence-electron chi connectivity index (χ4n) is 5.76. The molecule has 0 bridgehead atoms. The Balaban J connectivity index is 1.78. The molecule has 0 spiro atoms. The molecule has 1 fully saturated rings. The summed E-state index contributed by atoms with van der Waals surface area (Å²) in [6, 6.07) is 9.44. The standard InChI is InChI=1S/C33H40FN7O4/c1-19(2)25-28(26(20(3)4)36-18-35-25)40-30-23(16-24(34)27(41(30)44)22-12-10-9-11-13-22)29(37-31(40)42)39-15-14-38(17-21(39)5)32(43)45-33(6,7)8/h9-13,16,18-21H,14-15,17H2,1-8H3/t21-/m0/s1. The van der Waals surface area contributed by atoms with Crippen LogP contribution in [-0.4, -0.2) is 61.8 Å². The molecule has 45 heavy (non-hydrogen) atoms. The van der Waals surface area contributed by atoms with E-state index in [1.165, 1.54) is 17.0 Å². The number of hydrogen-bond acceptors (Lipinski definition) is 8. The molecular formula is C33H40FN7O4. The predicted octanol–water partition coefficient (Wildman–Crippen LogP) is 5.31. The lowest BCUT2D eigenvalue weighted by molar-refractivity contribution is -0.569. The fraction of sp³-hybridized carbons (Fsp3) is 0.455. The summed E-state index contributed by atoms with van der Waals surface area (Å²) in [7, 11) is 0. The van der Waals surface area contributed by atoms with Gasteiger partial charge in [0.25, 0.3) is 0 Å². The Morgan fingerprint density at radius 1 is 1.07 bits per heavy atom. The Kier molecular flexibility index (Phi) is 8.52. The van der Waals surface area contributed by atoms with Gasteiger partial charge in [-0.15, -0.1) is 4.57 Å². The zero-order valence-electron chi connectivity index (χ0n) is 27.0. The number of fused-ring (bicyclic) bond motifs is 1. The number of halogens is 1. The smallest absolute Gasteiger partial charge is 0.442 e. The zero-order chi connectivity index (χ0) is 32.8. The van der Waals surface area contributed by atoms with E-state index in [4.69, 9.17) is 4.74 Å². The molecule has 1 saturated heterocycles. The highest BCUT2D eigenvalue weighted by atomic mass is 19.1. The zero-order valence-corrected chi connectivity index (χ0v) is 27.0. The van der Waals surface area contributed by atoms with Crippen molar-refractivity contribution in [3.8, 4) is 16.9 Å². The number of aromatic nitrogens is 5. The predicted molar refractivity (Wildman–Crippen MR) is 170 cm³/mol. The second kappa shape index (κ2) is 12.1. The monoisotopic (exact) mass is 617 g/mol. The van der Waals surface area contributed by atoms with Gasteiger partial charge in [0.2, 0.25) is 0 Å². The van der Waals surface area contributed by atoms with Crippen LogP contribution in [0.4, 0.5) is 15.0 Å². The summed E-state index contributed by atoms with van der Waals surface area (Å²) in [5.74, 6) is -0.844. The molecule has 11 nitrogen and oxygen atoms in total. The van der Waals surface area contributed by atoms with Crippen LogP contribution in [-0.2, 0) is 4.74 Å². The van der Waals surface area contributed by atoms with Gasteiger partial charge in [-0.1, -0.05) is 58.0 Å². The van der Waals surface area contributed by atoms with Crippen LogP contribution in [0.3, 0.4) is 0 Å². The minimum atomic E-state index is -0.755.